The molecule has 0 aliphatic heterocycles. The van der Waals surface area contributed by atoms with Crippen molar-refractivity contribution in [3.8, 4) is 5.75 Å². The van der Waals surface area contributed by atoms with E-state index in [1.807, 2.05) is 19.1 Å². The molecule has 0 saturated heterocycles. The van der Waals surface area contributed by atoms with E-state index in [2.05, 4.69) is 5.32 Å². The van der Waals surface area contributed by atoms with E-state index in [1.54, 1.807) is 19.2 Å². The van der Waals surface area contributed by atoms with Crippen molar-refractivity contribution in [1.29, 1.82) is 0 Å². The summed E-state index contributed by atoms with van der Waals surface area (Å²) < 4.78 is 25.0. The molecule has 1 heterocycles. The van der Waals surface area contributed by atoms with Crippen molar-refractivity contribution >= 4 is 0 Å². The first-order valence-electron chi connectivity index (χ1n) is 6.29. The van der Waals surface area contributed by atoms with Crippen molar-refractivity contribution in [3.05, 3.63) is 53.2 Å². The van der Waals surface area contributed by atoms with Gasteiger partial charge in [-0.15, -0.1) is 0 Å². The fourth-order valence-corrected chi connectivity index (χ4v) is 2.14. The molecular formula is C15H18FNO2. The molecule has 0 spiro atoms. The van der Waals surface area contributed by atoms with Crippen LogP contribution < -0.4 is 10.1 Å². The van der Waals surface area contributed by atoms with E-state index in [0.29, 0.717) is 17.1 Å². The molecule has 0 saturated carbocycles. The molecule has 0 bridgehead atoms. The van der Waals surface area contributed by atoms with Crippen molar-refractivity contribution in [2.45, 2.75) is 19.4 Å². The lowest BCUT2D eigenvalue weighted by molar-refractivity contribution is 0.383. The average Bonchev–Trinajstić information content (AvgIpc) is 2.90. The summed E-state index contributed by atoms with van der Waals surface area (Å²) in [6.07, 6.45) is 0.810. The molecule has 0 aliphatic rings. The van der Waals surface area contributed by atoms with Crippen LogP contribution in [0.5, 0.6) is 5.75 Å². The normalized spacial score (nSPS) is 12.4. The van der Waals surface area contributed by atoms with E-state index in [9.17, 15) is 4.39 Å². The number of benzene rings is 1. The molecule has 1 unspecified atom stereocenters. The van der Waals surface area contributed by atoms with Gasteiger partial charge in [0, 0.05) is 6.42 Å². The molecule has 1 aromatic carbocycles. The molecule has 1 aromatic heterocycles. The van der Waals surface area contributed by atoms with Gasteiger partial charge in [-0.2, -0.15) is 0 Å². The topological polar surface area (TPSA) is 34.4 Å². The van der Waals surface area contributed by atoms with Gasteiger partial charge in [0.15, 0.2) is 0 Å². The first-order valence-corrected chi connectivity index (χ1v) is 6.29. The molecule has 1 N–H and O–H groups in total. The van der Waals surface area contributed by atoms with Gasteiger partial charge in [0.2, 0.25) is 0 Å². The number of methoxy groups -OCH3 is 1. The van der Waals surface area contributed by atoms with Crippen LogP contribution in [0.15, 0.2) is 34.7 Å². The van der Waals surface area contributed by atoms with E-state index in [0.717, 1.165) is 12.2 Å². The second-order valence-corrected chi connectivity index (χ2v) is 4.24. The van der Waals surface area contributed by atoms with Crippen molar-refractivity contribution in [3.63, 3.8) is 0 Å². The molecule has 0 aliphatic carbocycles. The van der Waals surface area contributed by atoms with Crippen LogP contribution in [0.2, 0.25) is 0 Å². The Kier molecular flexibility index (Phi) is 4.22. The monoisotopic (exact) mass is 263 g/mol. The quantitative estimate of drug-likeness (QED) is 0.898. The zero-order valence-corrected chi connectivity index (χ0v) is 11.4. The number of nitrogens with one attached hydrogen (secondary N) is 1. The van der Waals surface area contributed by atoms with Gasteiger partial charge >= 0.3 is 0 Å². The maximum atomic E-state index is 14.1. The van der Waals surface area contributed by atoms with Gasteiger partial charge in [-0.3, -0.25) is 0 Å². The van der Waals surface area contributed by atoms with Crippen molar-refractivity contribution in [2.24, 2.45) is 0 Å². The molecule has 0 radical (unpaired) electrons. The predicted octanol–water partition coefficient (Wildman–Crippen LogP) is 3.30. The first-order chi connectivity index (χ1) is 9.21. The summed E-state index contributed by atoms with van der Waals surface area (Å²) >= 11 is 0. The average molecular weight is 263 g/mol. The number of halogens is 1. The van der Waals surface area contributed by atoms with Crippen molar-refractivity contribution in [2.75, 3.05) is 14.2 Å². The summed E-state index contributed by atoms with van der Waals surface area (Å²) in [5.41, 5.74) is 0.463. The molecule has 1 atom stereocenters. The summed E-state index contributed by atoms with van der Waals surface area (Å²) in [6.45, 7) is 2.01. The van der Waals surface area contributed by atoms with Gasteiger partial charge < -0.3 is 14.5 Å². The summed E-state index contributed by atoms with van der Waals surface area (Å²) in [4.78, 5) is 0. The molecule has 0 fully saturated rings. The van der Waals surface area contributed by atoms with Crippen LogP contribution in [0.25, 0.3) is 0 Å². The Morgan fingerprint density at radius 3 is 2.68 bits per heavy atom. The lowest BCUT2D eigenvalue weighted by atomic mass is 10.0. The largest absolute Gasteiger partial charge is 0.496 e. The van der Waals surface area contributed by atoms with Crippen LogP contribution in [0.3, 0.4) is 0 Å². The molecule has 19 heavy (non-hydrogen) atoms. The molecule has 4 heteroatoms. The van der Waals surface area contributed by atoms with Crippen LogP contribution in [0.1, 0.15) is 30.0 Å². The van der Waals surface area contributed by atoms with Crippen LogP contribution in [0, 0.1) is 5.82 Å². The number of furan rings is 1. The molecule has 102 valence electrons. The van der Waals surface area contributed by atoms with Gasteiger partial charge in [0.25, 0.3) is 0 Å². The maximum absolute atomic E-state index is 14.1. The van der Waals surface area contributed by atoms with Gasteiger partial charge in [0.05, 0.1) is 18.7 Å². The van der Waals surface area contributed by atoms with E-state index in [-0.39, 0.29) is 11.9 Å². The summed E-state index contributed by atoms with van der Waals surface area (Å²) in [7, 11) is 3.30. The Labute approximate surface area is 112 Å². The molecule has 2 rings (SSSR count). The van der Waals surface area contributed by atoms with Gasteiger partial charge in [-0.05, 0) is 31.3 Å². The SMILES string of the molecule is CCc1ccc(C(NC)c2c(F)cccc2OC)o1. The van der Waals surface area contributed by atoms with Gasteiger partial charge in [0.1, 0.15) is 23.1 Å². The third kappa shape index (κ3) is 2.63. The van der Waals surface area contributed by atoms with E-state index in [4.69, 9.17) is 9.15 Å². The minimum absolute atomic E-state index is 0.312. The number of hydrogen-bond donors (Lipinski definition) is 1. The van der Waals surface area contributed by atoms with Gasteiger partial charge in [-0.25, -0.2) is 4.39 Å². The molecule has 2 aromatic rings. The lowest BCUT2D eigenvalue weighted by Gasteiger charge is -2.18. The van der Waals surface area contributed by atoms with Crippen molar-refractivity contribution in [1.82, 2.24) is 5.32 Å². The Hall–Kier alpha value is -1.81. The fourth-order valence-electron chi connectivity index (χ4n) is 2.14. The second kappa shape index (κ2) is 5.89. The first kappa shape index (κ1) is 13.6. The third-order valence-corrected chi connectivity index (χ3v) is 3.13. The zero-order valence-electron chi connectivity index (χ0n) is 11.4. The van der Waals surface area contributed by atoms with E-state index >= 15 is 0 Å². The summed E-state index contributed by atoms with van der Waals surface area (Å²) in [5.74, 6) is 1.76. The molecular weight excluding hydrogens is 245 g/mol. The van der Waals surface area contributed by atoms with E-state index in [1.165, 1.54) is 13.2 Å². The maximum Gasteiger partial charge on any atom is 0.132 e. The van der Waals surface area contributed by atoms with E-state index < -0.39 is 0 Å². The fraction of sp³-hybridized carbons (Fsp3) is 0.333. The Morgan fingerprint density at radius 1 is 1.32 bits per heavy atom. The Bertz CT molecular complexity index is 551. The standard InChI is InChI=1S/C15H18FNO2/c1-4-10-8-9-13(19-10)15(17-2)14-11(16)6-5-7-12(14)18-3/h5-9,15,17H,4H2,1-3H3. The number of hydrogen-bond acceptors (Lipinski definition) is 3. The number of ether oxygens (including phenoxy) is 1. The Morgan fingerprint density at radius 2 is 2.11 bits per heavy atom. The van der Waals surface area contributed by atoms with Crippen LogP contribution >= 0.6 is 0 Å². The van der Waals surface area contributed by atoms with Crippen LogP contribution in [-0.4, -0.2) is 14.2 Å². The second-order valence-electron chi connectivity index (χ2n) is 4.24. The lowest BCUT2D eigenvalue weighted by Crippen LogP contribution is -2.19. The van der Waals surface area contributed by atoms with Crippen LogP contribution in [-0.2, 0) is 6.42 Å². The van der Waals surface area contributed by atoms with Crippen LogP contribution in [0.4, 0.5) is 4.39 Å². The summed E-state index contributed by atoms with van der Waals surface area (Å²) in [6, 6.07) is 8.21. The zero-order chi connectivity index (χ0) is 13.8. The highest BCUT2D eigenvalue weighted by molar-refractivity contribution is 5.40. The summed E-state index contributed by atoms with van der Waals surface area (Å²) in [5, 5.41) is 3.07. The van der Waals surface area contributed by atoms with Gasteiger partial charge in [-0.1, -0.05) is 13.0 Å². The minimum Gasteiger partial charge on any atom is -0.496 e. The number of aryl methyl sites for hydroxylation is 1. The highest BCUT2D eigenvalue weighted by Gasteiger charge is 2.23. The van der Waals surface area contributed by atoms with Crippen molar-refractivity contribution < 1.29 is 13.5 Å². The predicted molar refractivity (Wildman–Crippen MR) is 71.9 cm³/mol. The highest BCUT2D eigenvalue weighted by atomic mass is 19.1. The third-order valence-electron chi connectivity index (χ3n) is 3.13. The smallest absolute Gasteiger partial charge is 0.132 e. The Balaban J connectivity index is 2.47. The molecule has 0 amide bonds. The molecule has 3 nitrogen and oxygen atoms in total. The highest BCUT2D eigenvalue weighted by Crippen LogP contribution is 2.32. The number of rotatable bonds is 5. The minimum atomic E-state index is -0.364.